The molecule has 1 amide bonds. The van der Waals surface area contributed by atoms with Crippen molar-refractivity contribution in [2.75, 3.05) is 26.8 Å². The van der Waals surface area contributed by atoms with E-state index >= 15 is 0 Å². The van der Waals surface area contributed by atoms with E-state index in [1.165, 1.54) is 7.11 Å². The highest BCUT2D eigenvalue weighted by atomic mass is 16.6. The number of methoxy groups -OCH3 is 1. The van der Waals surface area contributed by atoms with Gasteiger partial charge in [-0.25, -0.2) is 4.79 Å². The first kappa shape index (κ1) is 21.2. The summed E-state index contributed by atoms with van der Waals surface area (Å²) in [7, 11) is 1.38. The zero-order chi connectivity index (χ0) is 21.6. The van der Waals surface area contributed by atoms with Gasteiger partial charge in [-0.2, -0.15) is 0 Å². The monoisotopic (exact) mass is 424 g/mol. The maximum absolute atomic E-state index is 12.4. The van der Waals surface area contributed by atoms with Crippen LogP contribution in [0.3, 0.4) is 0 Å². The molecule has 1 saturated heterocycles. The number of para-hydroxylation sites is 2. The van der Waals surface area contributed by atoms with E-state index in [1.54, 1.807) is 12.1 Å². The molecule has 0 bridgehead atoms. The van der Waals surface area contributed by atoms with Crippen molar-refractivity contribution in [3.05, 3.63) is 59.7 Å². The summed E-state index contributed by atoms with van der Waals surface area (Å²) < 4.78 is 16.6. The first-order chi connectivity index (χ1) is 15.1. The normalized spacial score (nSPS) is 20.0. The van der Waals surface area contributed by atoms with Gasteiger partial charge in [0.15, 0.2) is 17.6 Å². The topological polar surface area (TPSA) is 77.1 Å². The van der Waals surface area contributed by atoms with E-state index in [0.717, 1.165) is 36.4 Å². The highest BCUT2D eigenvalue weighted by molar-refractivity contribution is 5.89. The number of nitrogens with zero attached hydrogens (tertiary/aromatic N) is 1. The van der Waals surface area contributed by atoms with Crippen molar-refractivity contribution in [2.45, 2.75) is 38.0 Å². The molecular weight excluding hydrogens is 396 g/mol. The highest BCUT2D eigenvalue weighted by Crippen LogP contribution is 2.32. The largest absolute Gasteiger partial charge is 0.486 e. The Balaban J connectivity index is 1.24. The van der Waals surface area contributed by atoms with Crippen LogP contribution >= 0.6 is 0 Å². The number of carbonyl (C=O) groups excluding carboxylic acids is 2. The van der Waals surface area contributed by atoms with Gasteiger partial charge in [-0.15, -0.1) is 0 Å². The molecule has 0 saturated carbocycles. The lowest BCUT2D eigenvalue weighted by Crippen LogP contribution is -2.45. The Morgan fingerprint density at radius 2 is 1.94 bits per heavy atom. The van der Waals surface area contributed by atoms with E-state index in [-0.39, 0.29) is 24.0 Å². The van der Waals surface area contributed by atoms with Crippen molar-refractivity contribution in [1.29, 1.82) is 0 Å². The minimum Gasteiger partial charge on any atom is -0.486 e. The summed E-state index contributed by atoms with van der Waals surface area (Å²) in [4.78, 5) is 25.9. The van der Waals surface area contributed by atoms with E-state index in [9.17, 15) is 9.59 Å². The minimum absolute atomic E-state index is 0.152. The van der Waals surface area contributed by atoms with Crippen molar-refractivity contribution >= 4 is 11.9 Å². The molecular formula is C24H28N2O5. The summed E-state index contributed by atoms with van der Waals surface area (Å²) >= 11 is 0. The predicted octanol–water partition coefficient (Wildman–Crippen LogP) is 2.78. The second kappa shape index (κ2) is 9.83. The van der Waals surface area contributed by atoms with Crippen LogP contribution in [0.2, 0.25) is 0 Å². The number of rotatable bonds is 8. The Kier molecular flexibility index (Phi) is 6.72. The van der Waals surface area contributed by atoms with Gasteiger partial charge in [0.2, 0.25) is 5.91 Å². The van der Waals surface area contributed by atoms with E-state index in [1.807, 2.05) is 41.3 Å². The van der Waals surface area contributed by atoms with Crippen LogP contribution in [0.4, 0.5) is 0 Å². The lowest BCUT2D eigenvalue weighted by Gasteiger charge is -2.32. The zero-order valence-electron chi connectivity index (χ0n) is 17.7. The summed E-state index contributed by atoms with van der Waals surface area (Å²) in [6.07, 6.45) is 2.19. The molecule has 4 rings (SSSR count). The van der Waals surface area contributed by atoms with Gasteiger partial charge in [0.25, 0.3) is 0 Å². The van der Waals surface area contributed by atoms with Gasteiger partial charge in [0, 0.05) is 19.0 Å². The molecule has 2 aliphatic heterocycles. The summed E-state index contributed by atoms with van der Waals surface area (Å²) in [5, 5.41) is 3.43. The Morgan fingerprint density at radius 3 is 2.71 bits per heavy atom. The number of fused-ring (bicyclic) bond motifs is 1. The minimum atomic E-state index is -0.332. The number of ether oxygens (including phenoxy) is 3. The van der Waals surface area contributed by atoms with Crippen molar-refractivity contribution in [3.63, 3.8) is 0 Å². The fourth-order valence-corrected chi connectivity index (χ4v) is 4.09. The lowest BCUT2D eigenvalue weighted by atomic mass is 10.1. The molecule has 1 fully saturated rings. The first-order valence-electron chi connectivity index (χ1n) is 10.7. The molecule has 0 spiro atoms. The van der Waals surface area contributed by atoms with Crippen LogP contribution in [0.15, 0.2) is 48.5 Å². The van der Waals surface area contributed by atoms with Gasteiger partial charge in [0.1, 0.15) is 6.61 Å². The Bertz CT molecular complexity index is 914. The van der Waals surface area contributed by atoms with Crippen LogP contribution in [0, 0.1) is 0 Å². The molecule has 2 atom stereocenters. The summed E-state index contributed by atoms with van der Waals surface area (Å²) in [6, 6.07) is 15.2. The van der Waals surface area contributed by atoms with Crippen molar-refractivity contribution in [1.82, 2.24) is 10.2 Å². The fraction of sp³-hybridized carbons (Fsp3) is 0.417. The maximum Gasteiger partial charge on any atom is 0.337 e. The number of nitrogens with one attached hydrogen (secondary N) is 1. The van der Waals surface area contributed by atoms with Gasteiger partial charge in [-0.05, 0) is 49.2 Å². The third-order valence-corrected chi connectivity index (χ3v) is 5.78. The molecule has 2 aromatic rings. The second-order valence-electron chi connectivity index (χ2n) is 7.89. The number of esters is 1. The number of likely N-dealkylation sites (tertiary alicyclic amines) is 1. The molecule has 0 unspecified atom stereocenters. The molecule has 1 N–H and O–H groups in total. The molecule has 31 heavy (non-hydrogen) atoms. The summed E-state index contributed by atoms with van der Waals surface area (Å²) in [6.45, 7) is 2.51. The second-order valence-corrected chi connectivity index (χ2v) is 7.89. The molecule has 0 aliphatic carbocycles. The Labute approximate surface area is 182 Å². The highest BCUT2D eigenvalue weighted by Gasteiger charge is 2.34. The van der Waals surface area contributed by atoms with Crippen LogP contribution in [0.5, 0.6) is 11.5 Å². The van der Waals surface area contributed by atoms with Crippen LogP contribution in [-0.4, -0.2) is 55.7 Å². The van der Waals surface area contributed by atoms with E-state index < -0.39 is 0 Å². The average Bonchev–Trinajstić information content (AvgIpc) is 3.15. The number of hydrogen-bond acceptors (Lipinski definition) is 6. The van der Waals surface area contributed by atoms with Crippen LogP contribution < -0.4 is 14.8 Å². The molecule has 2 aromatic carbocycles. The molecule has 164 valence electrons. The third-order valence-electron chi connectivity index (χ3n) is 5.78. The van der Waals surface area contributed by atoms with Crippen LogP contribution in [0.25, 0.3) is 0 Å². The third kappa shape index (κ3) is 5.17. The van der Waals surface area contributed by atoms with Crippen LogP contribution in [-0.2, 0) is 16.1 Å². The van der Waals surface area contributed by atoms with Crippen LogP contribution in [0.1, 0.15) is 35.2 Å². The average molecular weight is 424 g/mol. The van der Waals surface area contributed by atoms with Gasteiger partial charge in [-0.1, -0.05) is 24.3 Å². The summed E-state index contributed by atoms with van der Waals surface area (Å²) in [5.41, 5.74) is 1.64. The van der Waals surface area contributed by atoms with Gasteiger partial charge < -0.3 is 24.4 Å². The van der Waals surface area contributed by atoms with E-state index in [4.69, 9.17) is 14.2 Å². The molecule has 2 heterocycles. The standard InChI is InChI=1S/C24H28N2O5/c1-29-24(28)18-8-6-17(7-9-18)14-25-13-12-19-10-11-23(27)26(19)15-20-16-30-21-4-2-3-5-22(21)31-20/h2-9,19-20,25H,10-16H2,1H3/t19-,20-/m1/s1. The number of amides is 1. The first-order valence-corrected chi connectivity index (χ1v) is 10.7. The smallest absolute Gasteiger partial charge is 0.337 e. The molecule has 0 radical (unpaired) electrons. The predicted molar refractivity (Wildman–Crippen MR) is 115 cm³/mol. The molecule has 0 aromatic heterocycles. The number of benzene rings is 2. The Hall–Kier alpha value is -3.06. The van der Waals surface area contributed by atoms with E-state index in [0.29, 0.717) is 31.7 Å². The van der Waals surface area contributed by atoms with E-state index in [2.05, 4.69) is 5.32 Å². The van der Waals surface area contributed by atoms with Gasteiger partial charge >= 0.3 is 5.97 Å². The number of hydrogen-bond donors (Lipinski definition) is 1. The van der Waals surface area contributed by atoms with Crippen molar-refractivity contribution in [3.8, 4) is 11.5 Å². The summed E-state index contributed by atoms with van der Waals surface area (Å²) in [5.74, 6) is 1.35. The molecule has 2 aliphatic rings. The SMILES string of the molecule is COC(=O)c1ccc(CNCC[C@H]2CCC(=O)N2C[C@@H]2COc3ccccc3O2)cc1. The lowest BCUT2D eigenvalue weighted by molar-refractivity contribution is -0.130. The zero-order valence-corrected chi connectivity index (χ0v) is 17.7. The fourth-order valence-electron chi connectivity index (χ4n) is 4.09. The van der Waals surface area contributed by atoms with Gasteiger partial charge in [-0.3, -0.25) is 4.79 Å². The number of carbonyl (C=O) groups is 2. The van der Waals surface area contributed by atoms with Crippen molar-refractivity contribution in [2.24, 2.45) is 0 Å². The van der Waals surface area contributed by atoms with Crippen molar-refractivity contribution < 1.29 is 23.8 Å². The molecule has 7 nitrogen and oxygen atoms in total. The molecule has 7 heteroatoms. The Morgan fingerprint density at radius 1 is 1.16 bits per heavy atom. The maximum atomic E-state index is 12.4. The quantitative estimate of drug-likeness (QED) is 0.519. The van der Waals surface area contributed by atoms with Gasteiger partial charge in [0.05, 0.1) is 19.2 Å².